The summed E-state index contributed by atoms with van der Waals surface area (Å²) in [6, 6.07) is 1.57. The number of hydrogen-bond donors (Lipinski definition) is 1. The first-order valence-electron chi connectivity index (χ1n) is 7.35. The Balaban J connectivity index is 1.59. The molecular weight excluding hydrogens is 210 g/mol. The highest BCUT2D eigenvalue weighted by molar-refractivity contribution is 4.82. The van der Waals surface area contributed by atoms with Gasteiger partial charge in [-0.1, -0.05) is 6.92 Å². The molecule has 0 spiro atoms. The summed E-state index contributed by atoms with van der Waals surface area (Å²) in [7, 11) is 0. The van der Waals surface area contributed by atoms with Crippen molar-refractivity contribution in [3.63, 3.8) is 0 Å². The zero-order valence-electron chi connectivity index (χ0n) is 11.8. The third kappa shape index (κ3) is 4.57. The van der Waals surface area contributed by atoms with E-state index in [2.05, 4.69) is 35.9 Å². The first-order valence-corrected chi connectivity index (χ1v) is 7.35. The minimum absolute atomic E-state index is 0.714. The summed E-state index contributed by atoms with van der Waals surface area (Å²) in [5.74, 6) is 0.793. The van der Waals surface area contributed by atoms with Gasteiger partial charge < -0.3 is 10.2 Å². The number of piperazine rings is 1. The third-order valence-electron chi connectivity index (χ3n) is 4.04. The molecular formula is C14H29N3. The Bertz CT molecular complexity index is 218. The Kier molecular flexibility index (Phi) is 4.83. The highest BCUT2D eigenvalue weighted by Crippen LogP contribution is 2.19. The van der Waals surface area contributed by atoms with Gasteiger partial charge >= 0.3 is 0 Å². The van der Waals surface area contributed by atoms with E-state index in [-0.39, 0.29) is 0 Å². The molecule has 3 heteroatoms. The van der Waals surface area contributed by atoms with E-state index in [1.165, 1.54) is 52.1 Å². The molecule has 1 saturated heterocycles. The normalized spacial score (nSPS) is 25.4. The highest BCUT2D eigenvalue weighted by atomic mass is 15.3. The summed E-state index contributed by atoms with van der Waals surface area (Å²) < 4.78 is 0. The largest absolute Gasteiger partial charge is 0.314 e. The maximum atomic E-state index is 3.64. The smallest absolute Gasteiger partial charge is 0.0113 e. The van der Waals surface area contributed by atoms with E-state index in [1.807, 2.05) is 0 Å². The lowest BCUT2D eigenvalue weighted by atomic mass is 10.1. The summed E-state index contributed by atoms with van der Waals surface area (Å²) in [6.07, 6.45) is 2.81. The quantitative estimate of drug-likeness (QED) is 0.756. The van der Waals surface area contributed by atoms with Crippen molar-refractivity contribution >= 4 is 0 Å². The van der Waals surface area contributed by atoms with Crippen molar-refractivity contribution < 1.29 is 0 Å². The van der Waals surface area contributed by atoms with Gasteiger partial charge in [0.15, 0.2) is 0 Å². The predicted molar refractivity (Wildman–Crippen MR) is 73.3 cm³/mol. The molecule has 1 saturated carbocycles. The van der Waals surface area contributed by atoms with Gasteiger partial charge in [-0.15, -0.1) is 0 Å². The van der Waals surface area contributed by atoms with Gasteiger partial charge in [-0.2, -0.15) is 0 Å². The van der Waals surface area contributed by atoms with Crippen LogP contribution in [0, 0.1) is 5.92 Å². The molecule has 1 atom stereocenters. The molecule has 0 bridgehead atoms. The fourth-order valence-electron chi connectivity index (χ4n) is 2.62. The van der Waals surface area contributed by atoms with Crippen molar-refractivity contribution in [3.05, 3.63) is 0 Å². The Morgan fingerprint density at radius 1 is 1.06 bits per heavy atom. The molecule has 17 heavy (non-hydrogen) atoms. The second kappa shape index (κ2) is 6.17. The molecule has 0 aromatic heterocycles. The third-order valence-corrected chi connectivity index (χ3v) is 4.04. The second-order valence-corrected chi connectivity index (χ2v) is 6.22. The number of hydrogen-bond acceptors (Lipinski definition) is 3. The van der Waals surface area contributed by atoms with Crippen molar-refractivity contribution in [2.45, 2.75) is 45.7 Å². The topological polar surface area (TPSA) is 18.5 Å². The molecule has 1 N–H and O–H groups in total. The van der Waals surface area contributed by atoms with Gasteiger partial charge in [0.05, 0.1) is 0 Å². The van der Waals surface area contributed by atoms with Crippen molar-refractivity contribution in [3.8, 4) is 0 Å². The van der Waals surface area contributed by atoms with E-state index in [0.717, 1.165) is 12.0 Å². The first kappa shape index (κ1) is 13.3. The molecule has 1 aliphatic carbocycles. The van der Waals surface area contributed by atoms with E-state index < -0.39 is 0 Å². The zero-order valence-corrected chi connectivity index (χ0v) is 11.8. The maximum absolute atomic E-state index is 3.64. The monoisotopic (exact) mass is 239 g/mol. The Labute approximate surface area is 107 Å². The molecule has 100 valence electrons. The Morgan fingerprint density at radius 2 is 1.71 bits per heavy atom. The van der Waals surface area contributed by atoms with Crippen LogP contribution in [-0.4, -0.2) is 61.2 Å². The molecule has 1 aliphatic heterocycles. The van der Waals surface area contributed by atoms with E-state index in [4.69, 9.17) is 0 Å². The number of rotatable bonds is 6. The van der Waals surface area contributed by atoms with Crippen molar-refractivity contribution in [2.75, 3.05) is 39.3 Å². The molecule has 2 aliphatic rings. The van der Waals surface area contributed by atoms with Crippen LogP contribution in [0.2, 0.25) is 0 Å². The molecule has 2 fully saturated rings. The van der Waals surface area contributed by atoms with Gasteiger partial charge in [0.1, 0.15) is 0 Å². The van der Waals surface area contributed by atoms with Crippen LogP contribution in [0.15, 0.2) is 0 Å². The highest BCUT2D eigenvalue weighted by Gasteiger charge is 2.23. The Morgan fingerprint density at radius 3 is 2.24 bits per heavy atom. The molecule has 3 nitrogen and oxygen atoms in total. The molecule has 0 aromatic rings. The first-order chi connectivity index (χ1) is 8.15. The van der Waals surface area contributed by atoms with Crippen molar-refractivity contribution in [1.82, 2.24) is 15.1 Å². The predicted octanol–water partition coefficient (Wildman–Crippen LogP) is 1.40. The number of nitrogens with zero attached hydrogens (tertiary/aromatic N) is 2. The van der Waals surface area contributed by atoms with Gasteiger partial charge in [0, 0.05) is 44.8 Å². The van der Waals surface area contributed by atoms with E-state index in [0.29, 0.717) is 6.04 Å². The lowest BCUT2D eigenvalue weighted by Gasteiger charge is -2.38. The van der Waals surface area contributed by atoms with Crippen LogP contribution in [0.25, 0.3) is 0 Å². The maximum Gasteiger partial charge on any atom is 0.0113 e. The van der Waals surface area contributed by atoms with Crippen molar-refractivity contribution in [2.24, 2.45) is 5.92 Å². The van der Waals surface area contributed by atoms with E-state index >= 15 is 0 Å². The lowest BCUT2D eigenvalue weighted by Crippen LogP contribution is -2.50. The fourth-order valence-corrected chi connectivity index (χ4v) is 2.62. The number of nitrogens with one attached hydrogen (secondary N) is 1. The van der Waals surface area contributed by atoms with Gasteiger partial charge in [0.2, 0.25) is 0 Å². The van der Waals surface area contributed by atoms with Crippen LogP contribution in [0.1, 0.15) is 33.6 Å². The lowest BCUT2D eigenvalue weighted by molar-refractivity contribution is 0.0985. The van der Waals surface area contributed by atoms with Crippen LogP contribution in [0.5, 0.6) is 0 Å². The summed E-state index contributed by atoms with van der Waals surface area (Å²) >= 11 is 0. The minimum atomic E-state index is 0.714. The summed E-state index contributed by atoms with van der Waals surface area (Å²) in [6.45, 7) is 14.5. The van der Waals surface area contributed by atoms with Crippen LogP contribution in [0.3, 0.4) is 0 Å². The average molecular weight is 239 g/mol. The molecule has 0 amide bonds. The summed E-state index contributed by atoms with van der Waals surface area (Å²) in [4.78, 5) is 5.22. The average Bonchev–Trinajstić information content (AvgIpc) is 3.11. The molecule has 1 unspecified atom stereocenters. The summed E-state index contributed by atoms with van der Waals surface area (Å²) in [5.41, 5.74) is 0. The van der Waals surface area contributed by atoms with Gasteiger partial charge in [-0.25, -0.2) is 0 Å². The summed E-state index contributed by atoms with van der Waals surface area (Å²) in [5, 5.41) is 3.64. The van der Waals surface area contributed by atoms with Crippen LogP contribution in [0.4, 0.5) is 0 Å². The van der Waals surface area contributed by atoms with Crippen LogP contribution >= 0.6 is 0 Å². The van der Waals surface area contributed by atoms with Crippen molar-refractivity contribution in [1.29, 1.82) is 0 Å². The molecule has 0 aromatic carbocycles. The Hall–Kier alpha value is -0.120. The van der Waals surface area contributed by atoms with Gasteiger partial charge in [-0.3, -0.25) is 4.90 Å². The second-order valence-electron chi connectivity index (χ2n) is 6.22. The van der Waals surface area contributed by atoms with Crippen LogP contribution in [-0.2, 0) is 0 Å². The van der Waals surface area contributed by atoms with Gasteiger partial charge in [-0.05, 0) is 39.2 Å². The van der Waals surface area contributed by atoms with Crippen LogP contribution < -0.4 is 5.32 Å². The van der Waals surface area contributed by atoms with E-state index in [9.17, 15) is 0 Å². The zero-order chi connectivity index (χ0) is 12.3. The standard InChI is InChI=1S/C14H29N3/c1-12(2)17-8-6-16(7-9-17)11-13(3)10-15-14-4-5-14/h12-15H,4-11H2,1-3H3. The molecule has 1 heterocycles. The molecule has 0 radical (unpaired) electrons. The molecule has 2 rings (SSSR count). The van der Waals surface area contributed by atoms with Gasteiger partial charge in [0.25, 0.3) is 0 Å². The SMILES string of the molecule is CC(CNC1CC1)CN1CCN(C(C)C)CC1. The van der Waals surface area contributed by atoms with E-state index in [1.54, 1.807) is 0 Å². The fraction of sp³-hybridized carbons (Fsp3) is 1.00. The minimum Gasteiger partial charge on any atom is -0.314 e.